The molecule has 3 N–H and O–H groups in total. The number of hydrogen-bond acceptors (Lipinski definition) is 5. The van der Waals surface area contributed by atoms with E-state index in [1.807, 2.05) is 19.1 Å². The summed E-state index contributed by atoms with van der Waals surface area (Å²) in [6.07, 6.45) is 1.26. The number of anilines is 3. The first-order chi connectivity index (χ1) is 17.9. The van der Waals surface area contributed by atoms with Gasteiger partial charge in [0.15, 0.2) is 0 Å². The maximum Gasteiger partial charge on any atom is 0.257 e. The van der Waals surface area contributed by atoms with Crippen molar-refractivity contribution < 1.29 is 22.7 Å². The summed E-state index contributed by atoms with van der Waals surface area (Å²) in [7, 11) is -2.02. The molecule has 0 aliphatic heterocycles. The van der Waals surface area contributed by atoms with Gasteiger partial charge in [-0.1, -0.05) is 46.2 Å². The van der Waals surface area contributed by atoms with Gasteiger partial charge in [0, 0.05) is 11.3 Å². The van der Waals surface area contributed by atoms with Crippen LogP contribution in [-0.2, 0) is 15.4 Å². The van der Waals surface area contributed by atoms with E-state index in [0.29, 0.717) is 23.4 Å². The number of nitrogens with one attached hydrogen (secondary N) is 3. The fourth-order valence-electron chi connectivity index (χ4n) is 3.66. The van der Waals surface area contributed by atoms with E-state index in [4.69, 9.17) is 4.74 Å². The fourth-order valence-corrected chi connectivity index (χ4v) is 4.92. The third-order valence-electron chi connectivity index (χ3n) is 5.91. The average molecular weight is 538 g/mol. The smallest absolute Gasteiger partial charge is 0.257 e. The van der Waals surface area contributed by atoms with Crippen molar-refractivity contribution >= 4 is 38.9 Å². The van der Waals surface area contributed by atoms with Gasteiger partial charge in [0.2, 0.25) is 10.0 Å². The van der Waals surface area contributed by atoms with Crippen molar-refractivity contribution in [2.45, 2.75) is 46.0 Å². The summed E-state index contributed by atoms with van der Waals surface area (Å²) in [5, 5.41) is 5.58. The van der Waals surface area contributed by atoms with Crippen LogP contribution >= 0.6 is 0 Å². The summed E-state index contributed by atoms with van der Waals surface area (Å²) in [5.41, 5.74) is 2.57. The molecule has 0 atom stereocenters. The second-order valence-electron chi connectivity index (χ2n) is 10.00. The first kappa shape index (κ1) is 28.7. The Morgan fingerprint density at radius 3 is 2.05 bits per heavy atom. The van der Waals surface area contributed by atoms with Crippen molar-refractivity contribution in [1.29, 1.82) is 0 Å². The molecular formula is C29H35N3O5S. The third kappa shape index (κ3) is 7.82. The molecule has 0 aromatic heterocycles. The number of methoxy groups -OCH3 is 1. The number of benzene rings is 3. The maximum absolute atomic E-state index is 13.2. The van der Waals surface area contributed by atoms with Crippen molar-refractivity contribution in [2.75, 3.05) is 28.2 Å². The molecule has 0 aliphatic carbocycles. The summed E-state index contributed by atoms with van der Waals surface area (Å²) in [4.78, 5) is 26.3. The Morgan fingerprint density at radius 1 is 0.842 bits per heavy atom. The predicted octanol–water partition coefficient (Wildman–Crippen LogP) is 6.04. The fraction of sp³-hybridized carbons (Fsp3) is 0.310. The molecular weight excluding hydrogens is 502 g/mol. The van der Waals surface area contributed by atoms with Crippen LogP contribution in [0.4, 0.5) is 17.1 Å². The standard InChI is InChI=1S/C29H35N3O5S/c1-6-7-18-38(35,36)32-23-14-17-25(28(34)30-22-12-15-24(37-5)16-13-22)26(19-23)31-27(33)20-8-10-21(11-9-20)29(2,3)4/h8-17,19,32H,6-7,18H2,1-5H3,(H,30,34)(H,31,33). The summed E-state index contributed by atoms with van der Waals surface area (Å²) >= 11 is 0. The van der Waals surface area contributed by atoms with Gasteiger partial charge in [0.05, 0.1) is 29.8 Å². The van der Waals surface area contributed by atoms with Gasteiger partial charge in [-0.05, 0) is 72.0 Å². The molecule has 0 saturated carbocycles. The molecule has 202 valence electrons. The van der Waals surface area contributed by atoms with Crippen molar-refractivity contribution in [3.63, 3.8) is 0 Å². The zero-order valence-electron chi connectivity index (χ0n) is 22.4. The molecule has 0 saturated heterocycles. The Bertz CT molecular complexity index is 1380. The molecule has 0 heterocycles. The van der Waals surface area contributed by atoms with E-state index in [1.165, 1.54) is 18.2 Å². The highest BCUT2D eigenvalue weighted by molar-refractivity contribution is 7.92. The molecule has 0 unspecified atom stereocenters. The Morgan fingerprint density at radius 2 is 1.47 bits per heavy atom. The molecule has 3 rings (SSSR count). The Hall–Kier alpha value is -3.85. The van der Waals surface area contributed by atoms with Crippen molar-refractivity contribution in [3.8, 4) is 5.75 Å². The lowest BCUT2D eigenvalue weighted by Gasteiger charge is -2.19. The highest BCUT2D eigenvalue weighted by Gasteiger charge is 2.19. The number of rotatable bonds is 10. The van der Waals surface area contributed by atoms with E-state index in [2.05, 4.69) is 36.1 Å². The molecule has 38 heavy (non-hydrogen) atoms. The van der Waals surface area contributed by atoms with Crippen LogP contribution in [0.25, 0.3) is 0 Å². The van der Waals surface area contributed by atoms with Gasteiger partial charge in [-0.2, -0.15) is 0 Å². The lowest BCUT2D eigenvalue weighted by atomic mass is 9.86. The Kier molecular flexibility index (Phi) is 9.17. The molecule has 9 heteroatoms. The van der Waals surface area contributed by atoms with Crippen LogP contribution in [0.2, 0.25) is 0 Å². The summed E-state index contributed by atoms with van der Waals surface area (Å²) in [6.45, 7) is 8.17. The zero-order valence-corrected chi connectivity index (χ0v) is 23.2. The van der Waals surface area contributed by atoms with E-state index < -0.39 is 21.8 Å². The number of sulfonamides is 1. The first-order valence-corrected chi connectivity index (χ1v) is 14.1. The summed E-state index contributed by atoms with van der Waals surface area (Å²) < 4.78 is 32.6. The van der Waals surface area contributed by atoms with Crippen LogP contribution in [-0.4, -0.2) is 33.1 Å². The minimum atomic E-state index is -3.58. The molecule has 2 amide bonds. The molecule has 0 radical (unpaired) electrons. The van der Waals surface area contributed by atoms with E-state index in [1.54, 1.807) is 43.5 Å². The number of carbonyl (C=O) groups excluding carboxylic acids is 2. The molecule has 0 bridgehead atoms. The van der Waals surface area contributed by atoms with Crippen molar-refractivity contribution in [3.05, 3.63) is 83.4 Å². The van der Waals surface area contributed by atoms with Gasteiger partial charge < -0.3 is 15.4 Å². The first-order valence-electron chi connectivity index (χ1n) is 12.4. The molecule has 3 aromatic rings. The van der Waals surface area contributed by atoms with E-state index >= 15 is 0 Å². The van der Waals surface area contributed by atoms with Crippen molar-refractivity contribution in [2.24, 2.45) is 0 Å². The van der Waals surface area contributed by atoms with Crippen LogP contribution in [0.1, 0.15) is 66.8 Å². The lowest BCUT2D eigenvalue weighted by molar-refractivity contribution is 0.102. The largest absolute Gasteiger partial charge is 0.497 e. The summed E-state index contributed by atoms with van der Waals surface area (Å²) in [6, 6.07) is 18.5. The molecule has 0 spiro atoms. The van der Waals surface area contributed by atoms with Gasteiger partial charge in [0.1, 0.15) is 5.75 Å². The van der Waals surface area contributed by atoms with E-state index in [0.717, 1.165) is 12.0 Å². The number of unbranched alkanes of at least 4 members (excludes halogenated alkanes) is 1. The van der Waals surface area contributed by atoms with Gasteiger partial charge in [0.25, 0.3) is 11.8 Å². The highest BCUT2D eigenvalue weighted by atomic mass is 32.2. The monoisotopic (exact) mass is 537 g/mol. The van der Waals surface area contributed by atoms with Crippen LogP contribution in [0.3, 0.4) is 0 Å². The minimum Gasteiger partial charge on any atom is -0.497 e. The SMILES string of the molecule is CCCCS(=O)(=O)Nc1ccc(C(=O)Nc2ccc(OC)cc2)c(NC(=O)c2ccc(C(C)(C)C)cc2)c1. The zero-order chi connectivity index (χ0) is 27.9. The van der Waals surface area contributed by atoms with Crippen LogP contribution < -0.4 is 20.1 Å². The van der Waals surface area contributed by atoms with Crippen molar-refractivity contribution in [1.82, 2.24) is 0 Å². The van der Waals surface area contributed by atoms with Gasteiger partial charge in [-0.25, -0.2) is 8.42 Å². The average Bonchev–Trinajstić information content (AvgIpc) is 2.87. The van der Waals surface area contributed by atoms with Gasteiger partial charge >= 0.3 is 0 Å². The molecule has 0 aliphatic rings. The van der Waals surface area contributed by atoms with Gasteiger partial charge in [-0.15, -0.1) is 0 Å². The van der Waals surface area contributed by atoms with Crippen LogP contribution in [0.15, 0.2) is 66.7 Å². The summed E-state index contributed by atoms with van der Waals surface area (Å²) in [5.74, 6) is -0.262. The maximum atomic E-state index is 13.2. The quantitative estimate of drug-likeness (QED) is 0.292. The Balaban J connectivity index is 1.91. The van der Waals surface area contributed by atoms with E-state index in [9.17, 15) is 18.0 Å². The molecule has 0 fully saturated rings. The molecule has 8 nitrogen and oxygen atoms in total. The number of amides is 2. The second-order valence-corrected chi connectivity index (χ2v) is 11.8. The highest BCUT2D eigenvalue weighted by Crippen LogP contribution is 2.26. The van der Waals surface area contributed by atoms with Crippen LogP contribution in [0.5, 0.6) is 5.75 Å². The lowest BCUT2D eigenvalue weighted by Crippen LogP contribution is -2.20. The molecule has 3 aromatic carbocycles. The number of ether oxygens (including phenoxy) is 1. The second kappa shape index (κ2) is 12.1. The van der Waals surface area contributed by atoms with Gasteiger partial charge in [-0.3, -0.25) is 14.3 Å². The number of hydrogen-bond donors (Lipinski definition) is 3. The number of carbonyl (C=O) groups is 2. The Labute approximate surface area is 224 Å². The normalized spacial score (nSPS) is 11.5. The van der Waals surface area contributed by atoms with E-state index in [-0.39, 0.29) is 28.1 Å². The minimum absolute atomic E-state index is 0.0228. The third-order valence-corrected chi connectivity index (χ3v) is 7.29. The van der Waals surface area contributed by atoms with Crippen LogP contribution in [0, 0.1) is 0 Å². The topological polar surface area (TPSA) is 114 Å². The predicted molar refractivity (Wildman–Crippen MR) is 153 cm³/mol.